The van der Waals surface area contributed by atoms with Crippen molar-refractivity contribution < 1.29 is 4.74 Å². The summed E-state index contributed by atoms with van der Waals surface area (Å²) >= 11 is 0. The lowest BCUT2D eigenvalue weighted by Crippen LogP contribution is -2.29. The lowest BCUT2D eigenvalue weighted by molar-refractivity contribution is 0.261. The number of para-hydroxylation sites is 1. The van der Waals surface area contributed by atoms with Gasteiger partial charge in [0.15, 0.2) is 6.23 Å². The van der Waals surface area contributed by atoms with E-state index in [1.54, 1.807) is 0 Å². The minimum absolute atomic E-state index is 0.186. The summed E-state index contributed by atoms with van der Waals surface area (Å²) in [6, 6.07) is 6.37. The third kappa shape index (κ3) is 3.03. The molecule has 3 nitrogen and oxygen atoms in total. The monoisotopic (exact) mass is 248 g/mol. The number of rotatable bonds is 6. The number of likely N-dealkylation sites (N-methyl/N-ethyl adjacent to an activating group) is 1. The lowest BCUT2D eigenvalue weighted by Gasteiger charge is -2.16. The zero-order valence-electron chi connectivity index (χ0n) is 11.9. The minimum Gasteiger partial charge on any atom is -0.358 e. The van der Waals surface area contributed by atoms with Gasteiger partial charge >= 0.3 is 0 Å². The van der Waals surface area contributed by atoms with Crippen LogP contribution < -0.4 is 5.32 Å². The van der Waals surface area contributed by atoms with E-state index in [-0.39, 0.29) is 6.23 Å². The highest BCUT2D eigenvalue weighted by Gasteiger charge is 2.39. The van der Waals surface area contributed by atoms with Crippen molar-refractivity contribution >= 4 is 5.69 Å². The normalized spacial score (nSPS) is 22.3. The molecule has 0 saturated carbocycles. The van der Waals surface area contributed by atoms with E-state index in [4.69, 9.17) is 4.74 Å². The number of hydrogen-bond donors (Lipinski definition) is 1. The number of benzene rings is 1. The molecule has 3 heteroatoms. The molecule has 0 radical (unpaired) electrons. The predicted octanol–water partition coefficient (Wildman–Crippen LogP) is 2.78. The molecule has 18 heavy (non-hydrogen) atoms. The van der Waals surface area contributed by atoms with Crippen molar-refractivity contribution in [3.05, 3.63) is 29.3 Å². The van der Waals surface area contributed by atoms with Crippen LogP contribution in [0.2, 0.25) is 0 Å². The number of hydrogen-bond acceptors (Lipinski definition) is 3. The van der Waals surface area contributed by atoms with Crippen molar-refractivity contribution in [2.24, 2.45) is 0 Å². The molecule has 0 aromatic heterocycles. The Morgan fingerprint density at radius 3 is 2.33 bits per heavy atom. The first kappa shape index (κ1) is 13.4. The Hall–Kier alpha value is -1.06. The zero-order chi connectivity index (χ0) is 13.1. The van der Waals surface area contributed by atoms with Crippen LogP contribution in [0.3, 0.4) is 0 Å². The van der Waals surface area contributed by atoms with Crippen LogP contribution in [0, 0.1) is 13.8 Å². The maximum atomic E-state index is 5.71. The maximum Gasteiger partial charge on any atom is 0.156 e. The average molecular weight is 248 g/mol. The zero-order valence-corrected chi connectivity index (χ0v) is 11.9. The fourth-order valence-electron chi connectivity index (χ4n) is 2.33. The Balaban J connectivity index is 1.90. The van der Waals surface area contributed by atoms with Gasteiger partial charge in [0.2, 0.25) is 0 Å². The number of epoxide rings is 1. The average Bonchev–Trinajstić information content (AvgIpc) is 3.09. The quantitative estimate of drug-likeness (QED) is 0.785. The fourth-order valence-corrected chi connectivity index (χ4v) is 2.33. The van der Waals surface area contributed by atoms with Gasteiger partial charge in [-0.3, -0.25) is 0 Å². The number of nitrogens with zero attached hydrogens (tertiary/aromatic N) is 1. The summed E-state index contributed by atoms with van der Waals surface area (Å²) in [5, 5.41) is 3.51. The molecule has 2 rings (SSSR count). The predicted molar refractivity (Wildman–Crippen MR) is 76.0 cm³/mol. The van der Waals surface area contributed by atoms with E-state index in [1.807, 2.05) is 0 Å². The van der Waals surface area contributed by atoms with Crippen molar-refractivity contribution in [3.63, 3.8) is 0 Å². The number of nitrogens with one attached hydrogen (secondary N) is 1. The third-order valence-corrected chi connectivity index (χ3v) is 3.68. The minimum atomic E-state index is 0.186. The van der Waals surface area contributed by atoms with E-state index >= 15 is 0 Å². The Bertz CT molecular complexity index is 381. The number of aryl methyl sites for hydroxylation is 2. The van der Waals surface area contributed by atoms with Gasteiger partial charge < -0.3 is 15.0 Å². The van der Waals surface area contributed by atoms with Crippen molar-refractivity contribution in [2.75, 3.05) is 25.0 Å². The van der Waals surface area contributed by atoms with Gasteiger partial charge in [-0.2, -0.15) is 0 Å². The molecule has 2 atom stereocenters. The molecule has 0 aliphatic carbocycles. The molecule has 0 bridgehead atoms. The molecule has 1 aromatic rings. The maximum absolute atomic E-state index is 5.71. The summed E-state index contributed by atoms with van der Waals surface area (Å²) in [5.74, 6) is 0. The van der Waals surface area contributed by atoms with Gasteiger partial charge in [-0.05, 0) is 38.1 Å². The highest BCUT2D eigenvalue weighted by molar-refractivity contribution is 5.57. The van der Waals surface area contributed by atoms with Crippen molar-refractivity contribution in [2.45, 2.75) is 40.0 Å². The van der Waals surface area contributed by atoms with Crippen LogP contribution >= 0.6 is 0 Å². The van der Waals surface area contributed by atoms with Crippen LogP contribution in [0.15, 0.2) is 18.2 Å². The Morgan fingerprint density at radius 2 is 1.78 bits per heavy atom. The molecule has 2 unspecified atom stereocenters. The SMILES string of the molecule is CCN(CC)CC1OC1Nc1c(C)cccc1C. The second kappa shape index (κ2) is 5.72. The summed E-state index contributed by atoms with van der Waals surface area (Å²) in [6.07, 6.45) is 0.523. The van der Waals surface area contributed by atoms with Crippen LogP contribution in [0.25, 0.3) is 0 Å². The first-order valence-corrected chi connectivity index (χ1v) is 6.86. The fraction of sp³-hybridized carbons (Fsp3) is 0.600. The number of ether oxygens (including phenoxy) is 1. The first-order valence-electron chi connectivity index (χ1n) is 6.86. The van der Waals surface area contributed by atoms with Crippen LogP contribution in [-0.2, 0) is 4.74 Å². The van der Waals surface area contributed by atoms with Gasteiger partial charge in [0, 0.05) is 12.2 Å². The van der Waals surface area contributed by atoms with E-state index in [0.717, 1.165) is 19.6 Å². The smallest absolute Gasteiger partial charge is 0.156 e. The molecule has 0 amide bonds. The van der Waals surface area contributed by atoms with Gasteiger partial charge in [0.25, 0.3) is 0 Å². The van der Waals surface area contributed by atoms with Crippen molar-refractivity contribution in [1.82, 2.24) is 4.90 Å². The highest BCUT2D eigenvalue weighted by atomic mass is 16.6. The van der Waals surface area contributed by atoms with Gasteiger partial charge in [-0.15, -0.1) is 0 Å². The van der Waals surface area contributed by atoms with Crippen molar-refractivity contribution in [1.29, 1.82) is 0 Å². The Kier molecular flexibility index (Phi) is 4.25. The second-order valence-corrected chi connectivity index (χ2v) is 4.99. The van der Waals surface area contributed by atoms with E-state index in [2.05, 4.69) is 56.1 Å². The molecular formula is C15H24N2O. The van der Waals surface area contributed by atoms with Crippen LogP contribution in [0.4, 0.5) is 5.69 Å². The molecule has 1 saturated heterocycles. The Morgan fingerprint density at radius 1 is 1.17 bits per heavy atom. The van der Waals surface area contributed by atoms with Crippen LogP contribution in [0.1, 0.15) is 25.0 Å². The standard InChI is InChI=1S/C15H24N2O/c1-5-17(6-2)10-13-15(18-13)16-14-11(3)8-7-9-12(14)4/h7-9,13,15-16H,5-6,10H2,1-4H3. The van der Waals surface area contributed by atoms with Gasteiger partial charge in [0.05, 0.1) is 0 Å². The van der Waals surface area contributed by atoms with Gasteiger partial charge in [-0.25, -0.2) is 0 Å². The molecular weight excluding hydrogens is 224 g/mol. The van der Waals surface area contributed by atoms with Gasteiger partial charge in [-0.1, -0.05) is 32.0 Å². The molecule has 1 aliphatic heterocycles. The second-order valence-electron chi connectivity index (χ2n) is 4.99. The lowest BCUT2D eigenvalue weighted by atomic mass is 10.1. The summed E-state index contributed by atoms with van der Waals surface area (Å²) in [7, 11) is 0. The van der Waals surface area contributed by atoms with E-state index in [9.17, 15) is 0 Å². The number of anilines is 1. The largest absolute Gasteiger partial charge is 0.358 e. The molecule has 1 heterocycles. The first-order chi connectivity index (χ1) is 8.65. The molecule has 1 fully saturated rings. The summed E-state index contributed by atoms with van der Waals surface area (Å²) in [6.45, 7) is 11.9. The summed E-state index contributed by atoms with van der Waals surface area (Å²) in [4.78, 5) is 2.40. The molecule has 100 valence electrons. The molecule has 0 spiro atoms. The Labute approximate surface area is 110 Å². The third-order valence-electron chi connectivity index (χ3n) is 3.68. The summed E-state index contributed by atoms with van der Waals surface area (Å²) in [5.41, 5.74) is 3.80. The van der Waals surface area contributed by atoms with Crippen LogP contribution in [0.5, 0.6) is 0 Å². The summed E-state index contributed by atoms with van der Waals surface area (Å²) < 4.78 is 5.71. The molecule has 1 aromatic carbocycles. The van der Waals surface area contributed by atoms with Gasteiger partial charge in [0.1, 0.15) is 6.10 Å². The van der Waals surface area contributed by atoms with E-state index in [0.29, 0.717) is 6.10 Å². The molecule has 1 N–H and O–H groups in total. The molecule has 1 aliphatic rings. The van der Waals surface area contributed by atoms with E-state index in [1.165, 1.54) is 16.8 Å². The van der Waals surface area contributed by atoms with Crippen molar-refractivity contribution in [3.8, 4) is 0 Å². The van der Waals surface area contributed by atoms with Crippen LogP contribution in [-0.4, -0.2) is 36.9 Å². The highest BCUT2D eigenvalue weighted by Crippen LogP contribution is 2.28. The van der Waals surface area contributed by atoms with E-state index < -0.39 is 0 Å². The topological polar surface area (TPSA) is 27.8 Å².